The minimum absolute atomic E-state index is 0.0940. The van der Waals surface area contributed by atoms with Gasteiger partial charge in [0.1, 0.15) is 11.6 Å². The van der Waals surface area contributed by atoms with Crippen molar-refractivity contribution in [2.45, 2.75) is 18.4 Å². The number of anilines is 1. The highest BCUT2D eigenvalue weighted by molar-refractivity contribution is 7.89. The van der Waals surface area contributed by atoms with Gasteiger partial charge in [-0.1, -0.05) is 29.8 Å². The summed E-state index contributed by atoms with van der Waals surface area (Å²) in [5, 5.41) is 2.96. The lowest BCUT2D eigenvalue weighted by atomic mass is 10.1. The standard InChI is InChI=1S/C21H17ClF2N2O3S/c1-13-18(22)3-2-4-20(13)26-21(27)17-11-16(9-10-19(17)24)30(28,29)25-12-14-5-7-15(23)8-6-14/h2-11,25H,12H2,1H3,(H,26,27). The summed E-state index contributed by atoms with van der Waals surface area (Å²) in [6.45, 7) is 1.60. The molecule has 156 valence electrons. The molecule has 0 unspecified atom stereocenters. The Morgan fingerprint density at radius 1 is 1.03 bits per heavy atom. The molecular formula is C21H17ClF2N2O3S. The molecule has 3 aromatic carbocycles. The van der Waals surface area contributed by atoms with Gasteiger partial charge in [0.05, 0.1) is 10.5 Å². The fourth-order valence-corrected chi connectivity index (χ4v) is 3.86. The number of sulfonamides is 1. The summed E-state index contributed by atoms with van der Waals surface area (Å²) < 4.78 is 54.7. The van der Waals surface area contributed by atoms with Crippen LogP contribution in [0.2, 0.25) is 5.02 Å². The highest BCUT2D eigenvalue weighted by Crippen LogP contribution is 2.24. The van der Waals surface area contributed by atoms with Gasteiger partial charge in [0.25, 0.3) is 5.91 Å². The summed E-state index contributed by atoms with van der Waals surface area (Å²) in [7, 11) is -4.04. The smallest absolute Gasteiger partial charge is 0.258 e. The SMILES string of the molecule is Cc1c(Cl)cccc1NC(=O)c1cc(S(=O)(=O)NCc2ccc(F)cc2)ccc1F. The zero-order valence-corrected chi connectivity index (χ0v) is 17.3. The molecule has 0 atom stereocenters. The average Bonchev–Trinajstić information content (AvgIpc) is 2.71. The minimum Gasteiger partial charge on any atom is -0.322 e. The van der Waals surface area contributed by atoms with Crippen LogP contribution in [-0.2, 0) is 16.6 Å². The van der Waals surface area contributed by atoms with Crippen molar-refractivity contribution in [3.8, 4) is 0 Å². The fourth-order valence-electron chi connectivity index (χ4n) is 2.64. The van der Waals surface area contributed by atoms with E-state index in [0.717, 1.165) is 18.2 Å². The second-order valence-corrected chi connectivity index (χ2v) is 8.63. The van der Waals surface area contributed by atoms with Gasteiger partial charge in [-0.15, -0.1) is 0 Å². The summed E-state index contributed by atoms with van der Waals surface area (Å²) in [6.07, 6.45) is 0. The first-order chi connectivity index (χ1) is 14.2. The Morgan fingerprint density at radius 3 is 2.43 bits per heavy atom. The second-order valence-electron chi connectivity index (χ2n) is 6.46. The number of benzene rings is 3. The Morgan fingerprint density at radius 2 is 1.73 bits per heavy atom. The zero-order valence-electron chi connectivity index (χ0n) is 15.7. The van der Waals surface area contributed by atoms with E-state index in [1.807, 2.05) is 0 Å². The van der Waals surface area contributed by atoms with Crippen LogP contribution in [0.3, 0.4) is 0 Å². The molecule has 0 heterocycles. The Bertz CT molecular complexity index is 1200. The van der Waals surface area contributed by atoms with Gasteiger partial charge < -0.3 is 5.32 Å². The maximum absolute atomic E-state index is 14.2. The normalized spacial score (nSPS) is 11.3. The number of nitrogens with one attached hydrogen (secondary N) is 2. The van der Waals surface area contributed by atoms with Gasteiger partial charge in [-0.3, -0.25) is 4.79 Å². The van der Waals surface area contributed by atoms with E-state index in [1.54, 1.807) is 25.1 Å². The molecule has 0 aliphatic heterocycles. The largest absolute Gasteiger partial charge is 0.322 e. The Labute approximate surface area is 177 Å². The molecule has 5 nitrogen and oxygen atoms in total. The maximum Gasteiger partial charge on any atom is 0.258 e. The highest BCUT2D eigenvalue weighted by atomic mass is 35.5. The van der Waals surface area contributed by atoms with Crippen LogP contribution in [0.5, 0.6) is 0 Å². The van der Waals surface area contributed by atoms with E-state index in [-0.39, 0.29) is 11.4 Å². The lowest BCUT2D eigenvalue weighted by Gasteiger charge is -2.12. The van der Waals surface area contributed by atoms with Crippen molar-refractivity contribution in [1.82, 2.24) is 4.72 Å². The van der Waals surface area contributed by atoms with Crippen LogP contribution in [0.15, 0.2) is 65.6 Å². The first-order valence-corrected chi connectivity index (χ1v) is 10.6. The Balaban J connectivity index is 1.82. The van der Waals surface area contributed by atoms with Crippen molar-refractivity contribution < 1.29 is 22.0 Å². The lowest BCUT2D eigenvalue weighted by molar-refractivity contribution is 0.102. The summed E-state index contributed by atoms with van der Waals surface area (Å²) in [5.74, 6) is -2.12. The summed E-state index contributed by atoms with van der Waals surface area (Å²) in [4.78, 5) is 12.3. The molecule has 0 saturated heterocycles. The van der Waals surface area contributed by atoms with E-state index < -0.39 is 33.1 Å². The van der Waals surface area contributed by atoms with E-state index in [1.165, 1.54) is 24.3 Å². The van der Waals surface area contributed by atoms with Crippen molar-refractivity contribution in [3.63, 3.8) is 0 Å². The Hall–Kier alpha value is -2.81. The van der Waals surface area contributed by atoms with Gasteiger partial charge in [0, 0.05) is 17.3 Å². The van der Waals surface area contributed by atoms with Crippen LogP contribution in [-0.4, -0.2) is 14.3 Å². The van der Waals surface area contributed by atoms with Gasteiger partial charge in [-0.2, -0.15) is 0 Å². The summed E-state index contributed by atoms with van der Waals surface area (Å²) in [5.41, 5.74) is 1.09. The molecule has 0 fully saturated rings. The Kier molecular flexibility index (Phi) is 6.50. The van der Waals surface area contributed by atoms with E-state index in [0.29, 0.717) is 21.8 Å². The number of carbonyl (C=O) groups excluding carboxylic acids is 1. The van der Waals surface area contributed by atoms with Gasteiger partial charge in [-0.25, -0.2) is 21.9 Å². The molecule has 0 bridgehead atoms. The molecule has 0 aliphatic carbocycles. The topological polar surface area (TPSA) is 75.3 Å². The molecule has 3 aromatic rings. The number of hydrogen-bond donors (Lipinski definition) is 2. The first kappa shape index (κ1) is 21.9. The molecule has 0 aliphatic rings. The van der Waals surface area contributed by atoms with E-state index in [4.69, 9.17) is 11.6 Å². The van der Waals surface area contributed by atoms with Crippen molar-refractivity contribution in [1.29, 1.82) is 0 Å². The molecule has 30 heavy (non-hydrogen) atoms. The molecule has 1 amide bonds. The molecule has 0 aromatic heterocycles. The zero-order chi connectivity index (χ0) is 21.9. The second kappa shape index (κ2) is 8.91. The van der Waals surface area contributed by atoms with Gasteiger partial charge in [-0.05, 0) is 60.5 Å². The number of hydrogen-bond acceptors (Lipinski definition) is 3. The summed E-state index contributed by atoms with van der Waals surface area (Å²) >= 11 is 6.02. The number of rotatable bonds is 6. The van der Waals surface area contributed by atoms with Crippen LogP contribution in [0.1, 0.15) is 21.5 Å². The summed E-state index contributed by atoms with van der Waals surface area (Å²) in [6, 6.07) is 13.1. The molecule has 0 saturated carbocycles. The molecule has 0 radical (unpaired) electrons. The van der Waals surface area contributed by atoms with Crippen LogP contribution >= 0.6 is 11.6 Å². The molecule has 2 N–H and O–H groups in total. The molecule has 3 rings (SSSR count). The fraction of sp³-hybridized carbons (Fsp3) is 0.0952. The quantitative estimate of drug-likeness (QED) is 0.573. The monoisotopic (exact) mass is 450 g/mol. The van der Waals surface area contributed by atoms with Gasteiger partial charge >= 0.3 is 0 Å². The number of amides is 1. The maximum atomic E-state index is 14.2. The van der Waals surface area contributed by atoms with Crippen molar-refractivity contribution in [2.24, 2.45) is 0 Å². The van der Waals surface area contributed by atoms with Crippen LogP contribution in [0, 0.1) is 18.6 Å². The molecular weight excluding hydrogens is 434 g/mol. The average molecular weight is 451 g/mol. The van der Waals surface area contributed by atoms with Gasteiger partial charge in [0.2, 0.25) is 10.0 Å². The molecule has 0 spiro atoms. The number of halogens is 3. The number of carbonyl (C=O) groups is 1. The van der Waals surface area contributed by atoms with Gasteiger partial charge in [0.15, 0.2) is 0 Å². The van der Waals surface area contributed by atoms with E-state index in [2.05, 4.69) is 10.0 Å². The third-order valence-electron chi connectivity index (χ3n) is 4.39. The van der Waals surface area contributed by atoms with Crippen LogP contribution < -0.4 is 10.0 Å². The minimum atomic E-state index is -4.04. The third kappa shape index (κ3) is 5.02. The lowest BCUT2D eigenvalue weighted by Crippen LogP contribution is -2.24. The van der Waals surface area contributed by atoms with Crippen molar-refractivity contribution in [2.75, 3.05) is 5.32 Å². The van der Waals surface area contributed by atoms with Crippen molar-refractivity contribution in [3.05, 3.63) is 94.0 Å². The van der Waals surface area contributed by atoms with Crippen LogP contribution in [0.4, 0.5) is 14.5 Å². The predicted octanol–water partition coefficient (Wildman–Crippen LogP) is 4.66. The van der Waals surface area contributed by atoms with Crippen molar-refractivity contribution >= 4 is 33.2 Å². The van der Waals surface area contributed by atoms with Crippen LogP contribution in [0.25, 0.3) is 0 Å². The molecule has 9 heteroatoms. The first-order valence-electron chi connectivity index (χ1n) is 8.77. The third-order valence-corrected chi connectivity index (χ3v) is 6.20. The predicted molar refractivity (Wildman–Crippen MR) is 111 cm³/mol. The van der Waals surface area contributed by atoms with E-state index in [9.17, 15) is 22.0 Å². The van der Waals surface area contributed by atoms with E-state index >= 15 is 0 Å². The highest BCUT2D eigenvalue weighted by Gasteiger charge is 2.20.